The summed E-state index contributed by atoms with van der Waals surface area (Å²) in [5, 5.41) is 19.5. The summed E-state index contributed by atoms with van der Waals surface area (Å²) in [6.45, 7) is 2.91. The van der Waals surface area contributed by atoms with Crippen molar-refractivity contribution < 1.29 is 9.90 Å². The van der Waals surface area contributed by atoms with Crippen LogP contribution in [-0.4, -0.2) is 20.8 Å². The molecule has 1 atom stereocenters. The molecule has 0 fully saturated rings. The topological polar surface area (TPSA) is 66.9 Å². The molecular formula is C23H25N3O2S. The van der Waals surface area contributed by atoms with Crippen molar-refractivity contribution in [2.45, 2.75) is 55.7 Å². The first-order valence-electron chi connectivity index (χ1n) is 10.2. The molecule has 4 rings (SSSR count). The Labute approximate surface area is 174 Å². The first-order chi connectivity index (χ1) is 14.2. The van der Waals surface area contributed by atoms with Crippen molar-refractivity contribution in [2.24, 2.45) is 10.2 Å². The summed E-state index contributed by atoms with van der Waals surface area (Å²) in [7, 11) is 0. The number of fused-ring (bicyclic) bond motifs is 2. The zero-order valence-corrected chi connectivity index (χ0v) is 17.4. The number of unbranched alkanes of at least 4 members (excludes halogenated alkanes) is 3. The molecule has 0 spiro atoms. The zero-order valence-electron chi connectivity index (χ0n) is 16.5. The third kappa shape index (κ3) is 4.08. The predicted molar refractivity (Wildman–Crippen MR) is 117 cm³/mol. The summed E-state index contributed by atoms with van der Waals surface area (Å²) in [4.78, 5) is 13.7. The second-order valence-corrected chi connectivity index (χ2v) is 8.60. The summed E-state index contributed by atoms with van der Waals surface area (Å²) < 4.78 is 1.88. The van der Waals surface area contributed by atoms with Crippen molar-refractivity contribution in [1.29, 1.82) is 0 Å². The Balaban J connectivity index is 1.54. The summed E-state index contributed by atoms with van der Waals surface area (Å²) >= 11 is 1.54. The van der Waals surface area contributed by atoms with Crippen LogP contribution in [0.25, 0.3) is 10.9 Å². The van der Waals surface area contributed by atoms with E-state index in [4.69, 9.17) is 0 Å². The van der Waals surface area contributed by atoms with Crippen molar-refractivity contribution >= 4 is 34.3 Å². The van der Waals surface area contributed by atoms with Gasteiger partial charge in [0.05, 0.1) is 10.8 Å². The molecule has 5 nitrogen and oxygen atoms in total. The fourth-order valence-corrected chi connectivity index (χ4v) is 4.95. The largest absolute Gasteiger partial charge is 0.493 e. The Bertz CT molecular complexity index is 1030. The molecule has 1 amide bonds. The van der Waals surface area contributed by atoms with Crippen molar-refractivity contribution in [1.82, 2.24) is 4.57 Å². The Morgan fingerprint density at radius 3 is 2.76 bits per heavy atom. The van der Waals surface area contributed by atoms with Gasteiger partial charge in [0, 0.05) is 16.8 Å². The molecule has 6 heteroatoms. The number of thioether (sulfide) groups is 1. The van der Waals surface area contributed by atoms with Crippen LogP contribution >= 0.6 is 11.8 Å². The van der Waals surface area contributed by atoms with E-state index in [0.29, 0.717) is 12.1 Å². The van der Waals surface area contributed by atoms with Gasteiger partial charge in [0.1, 0.15) is 0 Å². The Morgan fingerprint density at radius 2 is 1.93 bits per heavy atom. The fraction of sp³-hybridized carbons (Fsp3) is 0.348. The van der Waals surface area contributed by atoms with E-state index in [9.17, 15) is 9.90 Å². The number of hydrogen-bond acceptors (Lipinski definition) is 4. The molecule has 1 aliphatic heterocycles. The first kappa shape index (κ1) is 19.7. The van der Waals surface area contributed by atoms with Gasteiger partial charge >= 0.3 is 0 Å². The van der Waals surface area contributed by atoms with Crippen LogP contribution in [0.1, 0.15) is 38.2 Å². The van der Waals surface area contributed by atoms with E-state index in [2.05, 4.69) is 17.2 Å². The van der Waals surface area contributed by atoms with Gasteiger partial charge in [-0.1, -0.05) is 62.6 Å². The number of carbonyl (C=O) groups excluding carboxylic acids is 1. The van der Waals surface area contributed by atoms with E-state index >= 15 is 0 Å². The van der Waals surface area contributed by atoms with Crippen molar-refractivity contribution in [3.05, 3.63) is 54.1 Å². The van der Waals surface area contributed by atoms with Crippen LogP contribution in [0, 0.1) is 0 Å². The molecule has 0 saturated heterocycles. The molecule has 1 aliphatic rings. The average Bonchev–Trinajstić information content (AvgIpc) is 3.29. The van der Waals surface area contributed by atoms with E-state index in [1.54, 1.807) is 0 Å². The fourth-order valence-electron chi connectivity index (χ4n) is 3.78. The van der Waals surface area contributed by atoms with Gasteiger partial charge in [0.25, 0.3) is 5.91 Å². The summed E-state index contributed by atoms with van der Waals surface area (Å²) in [5.41, 5.74) is 2.48. The van der Waals surface area contributed by atoms with Crippen LogP contribution in [0.5, 0.6) is 5.88 Å². The molecule has 29 heavy (non-hydrogen) atoms. The summed E-state index contributed by atoms with van der Waals surface area (Å²) in [6.07, 6.45) is 5.14. The zero-order chi connectivity index (χ0) is 20.2. The van der Waals surface area contributed by atoms with E-state index in [1.165, 1.54) is 30.2 Å². The highest BCUT2D eigenvalue weighted by Crippen LogP contribution is 2.40. The lowest BCUT2D eigenvalue weighted by Crippen LogP contribution is -2.12. The number of amides is 1. The SMILES string of the molecule is CCCCCCn1c(O)c(N=NC(=O)C2Cc3ccccc3S2)c2ccccc21. The molecule has 0 saturated carbocycles. The van der Waals surface area contributed by atoms with Gasteiger partial charge in [0.2, 0.25) is 5.88 Å². The molecular weight excluding hydrogens is 382 g/mol. The third-order valence-electron chi connectivity index (χ3n) is 5.32. The number of nitrogens with zero attached hydrogens (tertiary/aromatic N) is 3. The number of para-hydroxylation sites is 1. The smallest absolute Gasteiger partial charge is 0.278 e. The van der Waals surface area contributed by atoms with Crippen molar-refractivity contribution in [3.63, 3.8) is 0 Å². The molecule has 1 N–H and O–H groups in total. The average molecular weight is 408 g/mol. The molecule has 3 aromatic rings. The van der Waals surface area contributed by atoms with Crippen LogP contribution in [0.2, 0.25) is 0 Å². The number of aromatic nitrogens is 1. The summed E-state index contributed by atoms with van der Waals surface area (Å²) in [5.74, 6) is -0.174. The lowest BCUT2D eigenvalue weighted by molar-refractivity contribution is -0.117. The van der Waals surface area contributed by atoms with E-state index in [0.717, 1.165) is 35.2 Å². The molecule has 1 aromatic heterocycles. The Morgan fingerprint density at radius 1 is 1.14 bits per heavy atom. The standard InChI is InChI=1S/C23H25N3O2S/c1-2-3-4-9-14-26-18-12-7-6-11-17(18)21(23(26)28)24-25-22(27)20-15-16-10-5-8-13-19(16)29-20/h5-8,10-13,20,28H,2-4,9,14-15H2,1H3. The second-order valence-electron chi connectivity index (χ2n) is 7.36. The summed E-state index contributed by atoms with van der Waals surface area (Å²) in [6, 6.07) is 15.8. The number of azo groups is 1. The van der Waals surface area contributed by atoms with Gasteiger partial charge in [-0.15, -0.1) is 22.0 Å². The first-order valence-corrected chi connectivity index (χ1v) is 11.1. The van der Waals surface area contributed by atoms with Crippen LogP contribution < -0.4 is 0 Å². The number of rotatable bonds is 7. The highest BCUT2D eigenvalue weighted by atomic mass is 32.2. The van der Waals surface area contributed by atoms with Crippen LogP contribution in [0.4, 0.5) is 5.69 Å². The van der Waals surface area contributed by atoms with E-state index in [1.807, 2.05) is 53.1 Å². The maximum absolute atomic E-state index is 12.6. The maximum Gasteiger partial charge on any atom is 0.278 e. The normalized spacial score (nSPS) is 16.0. The molecule has 0 bridgehead atoms. The minimum atomic E-state index is -0.259. The van der Waals surface area contributed by atoms with Crippen LogP contribution in [0.3, 0.4) is 0 Å². The van der Waals surface area contributed by atoms with E-state index < -0.39 is 0 Å². The van der Waals surface area contributed by atoms with Gasteiger partial charge in [-0.2, -0.15) is 0 Å². The van der Waals surface area contributed by atoms with Gasteiger partial charge in [-0.3, -0.25) is 4.79 Å². The molecule has 150 valence electrons. The van der Waals surface area contributed by atoms with Gasteiger partial charge in [-0.05, 0) is 30.5 Å². The van der Waals surface area contributed by atoms with Gasteiger partial charge in [-0.25, -0.2) is 0 Å². The maximum atomic E-state index is 12.6. The monoisotopic (exact) mass is 407 g/mol. The van der Waals surface area contributed by atoms with Crippen molar-refractivity contribution in [2.75, 3.05) is 0 Å². The number of aryl methyl sites for hydroxylation is 1. The molecule has 0 aliphatic carbocycles. The molecule has 2 heterocycles. The van der Waals surface area contributed by atoms with Gasteiger partial charge < -0.3 is 9.67 Å². The molecule has 2 aromatic carbocycles. The lowest BCUT2D eigenvalue weighted by Gasteiger charge is -2.06. The van der Waals surface area contributed by atoms with Crippen LogP contribution in [0.15, 0.2) is 63.7 Å². The number of benzene rings is 2. The lowest BCUT2D eigenvalue weighted by atomic mass is 10.1. The second kappa shape index (κ2) is 8.82. The van der Waals surface area contributed by atoms with Gasteiger partial charge in [0.15, 0.2) is 5.69 Å². The minimum absolute atomic E-state index is 0.0848. The minimum Gasteiger partial charge on any atom is -0.493 e. The molecule has 0 radical (unpaired) electrons. The predicted octanol–water partition coefficient (Wildman–Crippen LogP) is 6.25. The number of carbonyl (C=O) groups is 1. The number of hydrogen-bond donors (Lipinski definition) is 1. The Hall–Kier alpha value is -2.60. The Kier molecular flexibility index (Phi) is 6.00. The van der Waals surface area contributed by atoms with Crippen molar-refractivity contribution in [3.8, 4) is 5.88 Å². The molecule has 1 unspecified atom stereocenters. The highest BCUT2D eigenvalue weighted by Gasteiger charge is 2.28. The number of aromatic hydroxyl groups is 1. The third-order valence-corrected chi connectivity index (χ3v) is 6.63. The van der Waals surface area contributed by atoms with Crippen LogP contribution in [-0.2, 0) is 17.8 Å². The van der Waals surface area contributed by atoms with E-state index in [-0.39, 0.29) is 17.0 Å². The quantitative estimate of drug-likeness (QED) is 0.371. The highest BCUT2D eigenvalue weighted by molar-refractivity contribution is 8.01.